The number of hydrogen-bond acceptors (Lipinski definition) is 6. The Labute approximate surface area is 166 Å². The topological polar surface area (TPSA) is 79.4 Å². The molecule has 0 bridgehead atoms. The first kappa shape index (κ1) is 17.3. The number of nitrogens with one attached hydrogen (secondary N) is 1. The average molecular weight is 389 g/mol. The summed E-state index contributed by atoms with van der Waals surface area (Å²) in [6.45, 7) is 2.22. The van der Waals surface area contributed by atoms with Gasteiger partial charge in [0.05, 0.1) is 32.7 Å². The number of piperidine rings is 1. The van der Waals surface area contributed by atoms with Gasteiger partial charge in [-0.25, -0.2) is 4.98 Å². The number of pyridine rings is 1. The van der Waals surface area contributed by atoms with E-state index in [9.17, 15) is 5.26 Å². The van der Waals surface area contributed by atoms with Crippen LogP contribution in [-0.4, -0.2) is 32.8 Å². The zero-order chi connectivity index (χ0) is 19.1. The molecule has 0 unspecified atom stereocenters. The molecule has 7 heteroatoms. The second-order valence-corrected chi connectivity index (χ2v) is 8.53. The van der Waals surface area contributed by atoms with Crippen molar-refractivity contribution in [3.8, 4) is 17.3 Å². The number of aryl methyl sites for hydroxylation is 1. The van der Waals surface area contributed by atoms with Crippen LogP contribution >= 0.6 is 11.3 Å². The van der Waals surface area contributed by atoms with Gasteiger partial charge in [0.1, 0.15) is 11.6 Å². The number of aromatic nitrogens is 4. The predicted molar refractivity (Wildman–Crippen MR) is 111 cm³/mol. The van der Waals surface area contributed by atoms with E-state index in [-0.39, 0.29) is 0 Å². The summed E-state index contributed by atoms with van der Waals surface area (Å²) < 4.78 is 2.89. The van der Waals surface area contributed by atoms with Gasteiger partial charge in [0.2, 0.25) is 0 Å². The maximum Gasteiger partial charge on any atom is 0.110 e. The van der Waals surface area contributed by atoms with Crippen LogP contribution in [0.5, 0.6) is 0 Å². The Balaban J connectivity index is 1.51. The number of rotatable bonds is 3. The van der Waals surface area contributed by atoms with Gasteiger partial charge in [0.25, 0.3) is 0 Å². The molecule has 1 aliphatic rings. The lowest BCUT2D eigenvalue weighted by atomic mass is 9.95. The summed E-state index contributed by atoms with van der Waals surface area (Å²) in [4.78, 5) is 9.42. The monoisotopic (exact) mass is 388 g/mol. The molecule has 1 fully saturated rings. The lowest BCUT2D eigenvalue weighted by Crippen LogP contribution is -2.28. The van der Waals surface area contributed by atoms with E-state index in [4.69, 9.17) is 4.98 Å². The Kier molecular flexibility index (Phi) is 4.30. The second kappa shape index (κ2) is 6.97. The van der Waals surface area contributed by atoms with E-state index >= 15 is 0 Å². The molecule has 0 aliphatic carbocycles. The second-order valence-electron chi connectivity index (χ2n) is 7.42. The number of nitrogens with zero attached hydrogens (tertiary/aromatic N) is 5. The van der Waals surface area contributed by atoms with E-state index in [1.54, 1.807) is 16.0 Å². The van der Waals surface area contributed by atoms with Crippen molar-refractivity contribution in [2.75, 3.05) is 13.1 Å². The Hall–Kier alpha value is -2.82. The van der Waals surface area contributed by atoms with Gasteiger partial charge in [0.15, 0.2) is 0 Å². The summed E-state index contributed by atoms with van der Waals surface area (Å²) in [5.74, 6) is 0.723. The Morgan fingerprint density at radius 2 is 2.14 bits per heavy atom. The van der Waals surface area contributed by atoms with Crippen molar-refractivity contribution in [3.63, 3.8) is 0 Å². The van der Waals surface area contributed by atoms with Gasteiger partial charge in [-0.15, -0.1) is 11.3 Å². The first-order valence-corrected chi connectivity index (χ1v) is 10.4. The molecular weight excluding hydrogens is 368 g/mol. The third-order valence-electron chi connectivity index (χ3n) is 5.38. The molecule has 0 radical (unpaired) electrons. The minimum atomic E-state index is 0.575. The van der Waals surface area contributed by atoms with Crippen LogP contribution in [0.3, 0.4) is 0 Å². The standard InChI is InChI=1S/C21H20N6S/c1-27-12-16-8-14(7-15(10-22)21(16)26-27)17-9-19-18(11-24-17)25-20(28-19)6-13-2-4-23-5-3-13/h7-9,11-13,23H,2-6H2,1H3. The molecule has 4 heterocycles. The molecule has 1 saturated heterocycles. The lowest BCUT2D eigenvalue weighted by molar-refractivity contribution is 0.372. The molecule has 1 N–H and O–H groups in total. The van der Waals surface area contributed by atoms with E-state index in [0.717, 1.165) is 57.8 Å². The highest BCUT2D eigenvalue weighted by Crippen LogP contribution is 2.31. The summed E-state index contributed by atoms with van der Waals surface area (Å²) in [7, 11) is 1.87. The van der Waals surface area contributed by atoms with Gasteiger partial charge in [-0.3, -0.25) is 9.67 Å². The molecule has 6 nitrogen and oxygen atoms in total. The van der Waals surface area contributed by atoms with Crippen molar-refractivity contribution >= 4 is 32.5 Å². The molecule has 5 rings (SSSR count). The van der Waals surface area contributed by atoms with Crippen molar-refractivity contribution in [2.24, 2.45) is 13.0 Å². The molecule has 1 aromatic carbocycles. The van der Waals surface area contributed by atoms with Gasteiger partial charge in [0, 0.05) is 30.6 Å². The Bertz CT molecular complexity index is 1210. The number of fused-ring (bicyclic) bond motifs is 2. The van der Waals surface area contributed by atoms with Crippen LogP contribution in [0.4, 0.5) is 0 Å². The van der Waals surface area contributed by atoms with Crippen LogP contribution < -0.4 is 5.32 Å². The zero-order valence-electron chi connectivity index (χ0n) is 15.6. The third-order valence-corrected chi connectivity index (χ3v) is 6.42. The fourth-order valence-corrected chi connectivity index (χ4v) is 5.04. The minimum Gasteiger partial charge on any atom is -0.317 e. The molecule has 0 spiro atoms. The molecule has 4 aromatic rings. The Morgan fingerprint density at radius 1 is 1.29 bits per heavy atom. The maximum absolute atomic E-state index is 9.51. The van der Waals surface area contributed by atoms with Crippen LogP contribution in [0.2, 0.25) is 0 Å². The van der Waals surface area contributed by atoms with Crippen molar-refractivity contribution < 1.29 is 0 Å². The van der Waals surface area contributed by atoms with Gasteiger partial charge in [-0.1, -0.05) is 0 Å². The van der Waals surface area contributed by atoms with Gasteiger partial charge >= 0.3 is 0 Å². The van der Waals surface area contributed by atoms with Crippen LogP contribution in [0.15, 0.2) is 30.6 Å². The molecule has 0 amide bonds. The van der Waals surface area contributed by atoms with Crippen LogP contribution in [0, 0.1) is 17.2 Å². The summed E-state index contributed by atoms with van der Waals surface area (Å²) in [6.07, 6.45) is 7.29. The van der Waals surface area contributed by atoms with Gasteiger partial charge in [-0.2, -0.15) is 10.4 Å². The van der Waals surface area contributed by atoms with E-state index in [1.807, 2.05) is 31.6 Å². The number of nitriles is 1. The minimum absolute atomic E-state index is 0.575. The van der Waals surface area contributed by atoms with Crippen molar-refractivity contribution in [3.05, 3.63) is 41.2 Å². The van der Waals surface area contributed by atoms with E-state index in [0.29, 0.717) is 5.56 Å². The van der Waals surface area contributed by atoms with Gasteiger partial charge in [-0.05, 0) is 50.0 Å². The molecule has 140 valence electrons. The van der Waals surface area contributed by atoms with Crippen LogP contribution in [0.25, 0.3) is 32.4 Å². The number of benzene rings is 1. The smallest absolute Gasteiger partial charge is 0.110 e. The molecule has 1 aliphatic heterocycles. The first-order valence-electron chi connectivity index (χ1n) is 9.53. The zero-order valence-corrected chi connectivity index (χ0v) is 16.5. The highest BCUT2D eigenvalue weighted by atomic mass is 32.1. The average Bonchev–Trinajstić information content (AvgIpc) is 3.28. The van der Waals surface area contributed by atoms with E-state index in [2.05, 4.69) is 27.5 Å². The highest BCUT2D eigenvalue weighted by molar-refractivity contribution is 7.18. The van der Waals surface area contributed by atoms with Crippen LogP contribution in [0.1, 0.15) is 23.4 Å². The fraction of sp³-hybridized carbons (Fsp3) is 0.333. The molecule has 28 heavy (non-hydrogen) atoms. The van der Waals surface area contributed by atoms with Crippen molar-refractivity contribution in [1.29, 1.82) is 5.26 Å². The lowest BCUT2D eigenvalue weighted by Gasteiger charge is -2.21. The SMILES string of the molecule is Cn1cc2cc(-c3cc4sc(CC5CCNCC5)nc4cn3)cc(C#N)c2n1. The third kappa shape index (κ3) is 3.15. The summed E-state index contributed by atoms with van der Waals surface area (Å²) in [5, 5.41) is 19.5. The molecule has 3 aromatic heterocycles. The number of hydrogen-bond donors (Lipinski definition) is 1. The van der Waals surface area contributed by atoms with Crippen LogP contribution in [-0.2, 0) is 13.5 Å². The number of thiazole rings is 1. The quantitative estimate of drug-likeness (QED) is 0.579. The Morgan fingerprint density at radius 3 is 2.96 bits per heavy atom. The summed E-state index contributed by atoms with van der Waals surface area (Å²) in [5.41, 5.74) is 4.07. The largest absolute Gasteiger partial charge is 0.317 e. The van der Waals surface area contributed by atoms with E-state index < -0.39 is 0 Å². The van der Waals surface area contributed by atoms with Gasteiger partial charge < -0.3 is 5.32 Å². The van der Waals surface area contributed by atoms with Crippen molar-refractivity contribution in [2.45, 2.75) is 19.3 Å². The molecule has 0 saturated carbocycles. The normalized spacial score (nSPS) is 15.3. The summed E-state index contributed by atoms with van der Waals surface area (Å²) in [6, 6.07) is 8.28. The van der Waals surface area contributed by atoms with Crippen molar-refractivity contribution in [1.82, 2.24) is 25.1 Å². The molecular formula is C21H20N6S. The highest BCUT2D eigenvalue weighted by Gasteiger charge is 2.17. The predicted octanol–water partition coefficient (Wildman–Crippen LogP) is 3.66. The summed E-state index contributed by atoms with van der Waals surface area (Å²) >= 11 is 1.76. The maximum atomic E-state index is 9.51. The first-order chi connectivity index (χ1) is 13.7. The fourth-order valence-electron chi connectivity index (χ4n) is 3.95. The van der Waals surface area contributed by atoms with E-state index in [1.165, 1.54) is 17.8 Å². The molecule has 0 atom stereocenters.